The summed E-state index contributed by atoms with van der Waals surface area (Å²) in [6.45, 7) is 3.72. The van der Waals surface area contributed by atoms with Gasteiger partial charge in [0.15, 0.2) is 5.78 Å². The molecule has 5 heteroatoms. The number of ether oxygens (including phenoxy) is 1. The molecule has 2 aromatic carbocycles. The maximum absolute atomic E-state index is 12.1. The van der Waals surface area contributed by atoms with Crippen LogP contribution in [-0.2, 0) is 16.1 Å². The summed E-state index contributed by atoms with van der Waals surface area (Å²) in [5.41, 5.74) is 1.93. The number of rotatable bonds is 8. The fraction of sp³-hybridized carbons (Fsp3) is 0.364. The Morgan fingerprint density at radius 2 is 1.70 bits per heavy atom. The topological polar surface area (TPSA) is 58.6 Å². The van der Waals surface area contributed by atoms with Crippen molar-refractivity contribution in [2.45, 2.75) is 25.5 Å². The zero-order valence-corrected chi connectivity index (χ0v) is 15.5. The fourth-order valence-corrected chi connectivity index (χ4v) is 3.20. The number of amides is 1. The Balaban J connectivity index is 1.37. The summed E-state index contributed by atoms with van der Waals surface area (Å²) in [6, 6.07) is 19.4. The molecule has 3 rings (SSSR count). The largest absolute Gasteiger partial charge is 0.374 e. The van der Waals surface area contributed by atoms with E-state index in [4.69, 9.17) is 4.74 Å². The third-order valence-corrected chi connectivity index (χ3v) is 4.67. The van der Waals surface area contributed by atoms with Gasteiger partial charge in [0.1, 0.15) is 0 Å². The Kier molecular flexibility index (Phi) is 7.13. The van der Waals surface area contributed by atoms with E-state index in [-0.39, 0.29) is 30.6 Å². The molecule has 1 aliphatic heterocycles. The molecule has 142 valence electrons. The summed E-state index contributed by atoms with van der Waals surface area (Å²) in [5.74, 6) is -0.114. The van der Waals surface area contributed by atoms with E-state index in [1.165, 1.54) is 5.56 Å². The summed E-state index contributed by atoms with van der Waals surface area (Å²) in [7, 11) is 0. The van der Waals surface area contributed by atoms with Gasteiger partial charge in [0.2, 0.25) is 5.91 Å². The molecule has 0 aliphatic carbocycles. The van der Waals surface area contributed by atoms with Crippen molar-refractivity contribution in [3.05, 3.63) is 71.8 Å². The van der Waals surface area contributed by atoms with Crippen LogP contribution in [0.15, 0.2) is 60.7 Å². The second kappa shape index (κ2) is 10.00. The maximum atomic E-state index is 12.1. The molecular weight excluding hydrogens is 340 g/mol. The first kappa shape index (κ1) is 19.3. The van der Waals surface area contributed by atoms with E-state index in [0.717, 1.165) is 19.6 Å². The fourth-order valence-electron chi connectivity index (χ4n) is 3.20. The van der Waals surface area contributed by atoms with Crippen molar-refractivity contribution in [3.63, 3.8) is 0 Å². The third kappa shape index (κ3) is 6.31. The van der Waals surface area contributed by atoms with E-state index in [1.807, 2.05) is 36.4 Å². The van der Waals surface area contributed by atoms with E-state index in [9.17, 15) is 9.59 Å². The highest BCUT2D eigenvalue weighted by molar-refractivity contribution is 5.97. The lowest BCUT2D eigenvalue weighted by Gasteiger charge is -2.33. The number of ketones is 1. The normalized spacial score (nSPS) is 17.4. The molecule has 1 saturated heterocycles. The minimum absolute atomic E-state index is 0.00583. The van der Waals surface area contributed by atoms with Gasteiger partial charge in [-0.05, 0) is 5.56 Å². The lowest BCUT2D eigenvalue weighted by atomic mass is 10.1. The quantitative estimate of drug-likeness (QED) is 0.730. The predicted octanol–water partition coefficient (Wildman–Crippen LogP) is 2.67. The van der Waals surface area contributed by atoms with Crippen LogP contribution in [0.2, 0.25) is 0 Å². The van der Waals surface area contributed by atoms with Gasteiger partial charge in [-0.25, -0.2) is 0 Å². The lowest BCUT2D eigenvalue weighted by Crippen LogP contribution is -2.47. The number of hydrogen-bond donors (Lipinski definition) is 1. The van der Waals surface area contributed by atoms with Gasteiger partial charge < -0.3 is 10.1 Å². The van der Waals surface area contributed by atoms with Crippen LogP contribution in [0.4, 0.5) is 0 Å². The van der Waals surface area contributed by atoms with Crippen LogP contribution in [0.1, 0.15) is 28.8 Å². The zero-order chi connectivity index (χ0) is 18.9. The average Bonchev–Trinajstić information content (AvgIpc) is 2.72. The number of nitrogens with zero attached hydrogens (tertiary/aromatic N) is 1. The molecule has 1 amide bonds. The molecule has 0 aromatic heterocycles. The smallest absolute Gasteiger partial charge is 0.220 e. The van der Waals surface area contributed by atoms with Gasteiger partial charge in [-0.2, -0.15) is 0 Å². The Morgan fingerprint density at radius 1 is 1.00 bits per heavy atom. The van der Waals surface area contributed by atoms with Gasteiger partial charge in [0.25, 0.3) is 0 Å². The van der Waals surface area contributed by atoms with E-state index in [0.29, 0.717) is 18.7 Å². The predicted molar refractivity (Wildman–Crippen MR) is 104 cm³/mol. The number of carbonyl (C=O) groups excluding carboxylic acids is 2. The molecular formula is C22H26N2O3. The Morgan fingerprint density at radius 3 is 2.44 bits per heavy atom. The first-order chi connectivity index (χ1) is 13.2. The summed E-state index contributed by atoms with van der Waals surface area (Å²) < 4.78 is 5.77. The highest BCUT2D eigenvalue weighted by Gasteiger charge is 2.21. The molecule has 0 bridgehead atoms. The molecule has 0 radical (unpaired) electrons. The van der Waals surface area contributed by atoms with Crippen molar-refractivity contribution in [2.75, 3.05) is 26.2 Å². The average molecular weight is 366 g/mol. The zero-order valence-electron chi connectivity index (χ0n) is 15.5. The van der Waals surface area contributed by atoms with Crippen LogP contribution in [0.3, 0.4) is 0 Å². The second-order valence-electron chi connectivity index (χ2n) is 6.81. The van der Waals surface area contributed by atoms with E-state index in [1.54, 1.807) is 12.1 Å². The highest BCUT2D eigenvalue weighted by atomic mass is 16.5. The molecule has 27 heavy (non-hydrogen) atoms. The van der Waals surface area contributed by atoms with Crippen LogP contribution in [0.25, 0.3) is 0 Å². The molecule has 1 heterocycles. The minimum Gasteiger partial charge on any atom is -0.374 e. The molecule has 0 saturated carbocycles. The Labute approximate surface area is 160 Å². The molecule has 0 spiro atoms. The summed E-state index contributed by atoms with van der Waals surface area (Å²) >= 11 is 0. The van der Waals surface area contributed by atoms with Gasteiger partial charge in [0.05, 0.1) is 12.7 Å². The first-order valence-corrected chi connectivity index (χ1v) is 9.43. The summed E-state index contributed by atoms with van der Waals surface area (Å²) in [4.78, 5) is 26.5. The Bertz CT molecular complexity index is 734. The number of carbonyl (C=O) groups is 2. The van der Waals surface area contributed by atoms with Gasteiger partial charge in [-0.15, -0.1) is 0 Å². The van der Waals surface area contributed by atoms with Crippen LogP contribution < -0.4 is 5.32 Å². The standard InChI is InChI=1S/C22H26N2O3/c25-21(19-9-5-2-6-10-19)11-12-22(26)23-15-20-17-24(13-14-27-20)16-18-7-3-1-4-8-18/h1-10,20H,11-17H2,(H,23,26). The first-order valence-electron chi connectivity index (χ1n) is 9.43. The van der Waals surface area contributed by atoms with Crippen molar-refractivity contribution in [3.8, 4) is 0 Å². The molecule has 2 aromatic rings. The SMILES string of the molecule is O=C(CCC(=O)c1ccccc1)NCC1CN(Cc2ccccc2)CCO1. The monoisotopic (exact) mass is 366 g/mol. The third-order valence-electron chi connectivity index (χ3n) is 4.67. The lowest BCUT2D eigenvalue weighted by molar-refractivity contribution is -0.122. The van der Waals surface area contributed by atoms with Crippen molar-refractivity contribution >= 4 is 11.7 Å². The Hall–Kier alpha value is -2.50. The van der Waals surface area contributed by atoms with Crippen LogP contribution in [0, 0.1) is 0 Å². The number of hydrogen-bond acceptors (Lipinski definition) is 4. The van der Waals surface area contributed by atoms with Crippen molar-refractivity contribution < 1.29 is 14.3 Å². The summed E-state index contributed by atoms with van der Waals surface area (Å²) in [6.07, 6.45) is 0.409. The van der Waals surface area contributed by atoms with E-state index in [2.05, 4.69) is 22.3 Å². The number of Topliss-reactive ketones (excluding diaryl/α,β-unsaturated/α-hetero) is 1. The van der Waals surface area contributed by atoms with Crippen LogP contribution in [0.5, 0.6) is 0 Å². The highest BCUT2D eigenvalue weighted by Crippen LogP contribution is 2.10. The van der Waals surface area contributed by atoms with Crippen molar-refractivity contribution in [1.29, 1.82) is 0 Å². The van der Waals surface area contributed by atoms with E-state index < -0.39 is 0 Å². The molecule has 1 fully saturated rings. The number of benzene rings is 2. The maximum Gasteiger partial charge on any atom is 0.220 e. The van der Waals surface area contributed by atoms with Gasteiger partial charge in [-0.1, -0.05) is 60.7 Å². The van der Waals surface area contributed by atoms with Crippen molar-refractivity contribution in [1.82, 2.24) is 10.2 Å². The number of nitrogens with one attached hydrogen (secondary N) is 1. The second-order valence-corrected chi connectivity index (χ2v) is 6.81. The number of morpholine rings is 1. The summed E-state index contributed by atoms with van der Waals surface area (Å²) in [5, 5.41) is 2.90. The van der Waals surface area contributed by atoms with Crippen LogP contribution >= 0.6 is 0 Å². The van der Waals surface area contributed by atoms with Crippen LogP contribution in [-0.4, -0.2) is 48.9 Å². The van der Waals surface area contributed by atoms with Gasteiger partial charge >= 0.3 is 0 Å². The molecule has 5 nitrogen and oxygen atoms in total. The van der Waals surface area contributed by atoms with Crippen molar-refractivity contribution in [2.24, 2.45) is 0 Å². The molecule has 1 unspecified atom stereocenters. The molecule has 1 aliphatic rings. The molecule has 1 atom stereocenters. The van der Waals surface area contributed by atoms with Gasteiger partial charge in [-0.3, -0.25) is 14.5 Å². The van der Waals surface area contributed by atoms with E-state index >= 15 is 0 Å². The van der Waals surface area contributed by atoms with Gasteiger partial charge in [0, 0.05) is 44.6 Å². The molecule has 1 N–H and O–H groups in total. The minimum atomic E-state index is -0.108.